The third kappa shape index (κ3) is 4.84. The molecule has 2 aromatic carbocycles. The second kappa shape index (κ2) is 10.1. The lowest BCUT2D eigenvalue weighted by molar-refractivity contribution is 0.0573. The summed E-state index contributed by atoms with van der Waals surface area (Å²) in [6.07, 6.45) is 3.26. The number of hydrogen-bond acceptors (Lipinski definition) is 8. The molecular weight excluding hydrogens is 458 g/mol. The number of hydrogen-bond donors (Lipinski definition) is 0. The molecule has 4 aromatic rings. The van der Waals surface area contributed by atoms with Crippen molar-refractivity contribution >= 4 is 35.7 Å². The Hall–Kier alpha value is -4.37. The fraction of sp³-hybridized carbons (Fsp3) is 0.0833. The SMILES string of the molecule is COC(=O)c1cc(/C=C\c2nn(-c3ccccc3)nc2-c2ccc(Cl)cc2)c(C(=O)OC)nn1. The molecule has 34 heavy (non-hydrogen) atoms. The molecule has 0 saturated heterocycles. The number of para-hydroxylation sites is 1. The first-order valence-corrected chi connectivity index (χ1v) is 10.4. The molecule has 170 valence electrons. The van der Waals surface area contributed by atoms with E-state index in [-0.39, 0.29) is 11.4 Å². The Morgan fingerprint density at radius 1 is 0.882 bits per heavy atom. The number of benzene rings is 2. The Morgan fingerprint density at radius 3 is 2.26 bits per heavy atom. The van der Waals surface area contributed by atoms with Crippen molar-refractivity contribution in [3.8, 4) is 16.9 Å². The van der Waals surface area contributed by atoms with E-state index < -0.39 is 11.9 Å². The first-order valence-electron chi connectivity index (χ1n) is 10.0. The maximum atomic E-state index is 12.2. The van der Waals surface area contributed by atoms with Gasteiger partial charge >= 0.3 is 11.9 Å². The van der Waals surface area contributed by atoms with Crippen LogP contribution < -0.4 is 0 Å². The maximum Gasteiger partial charge on any atom is 0.359 e. The van der Waals surface area contributed by atoms with Gasteiger partial charge in [0.25, 0.3) is 0 Å². The molecule has 0 atom stereocenters. The number of carbonyl (C=O) groups is 2. The molecule has 0 aliphatic carbocycles. The normalized spacial score (nSPS) is 10.9. The summed E-state index contributed by atoms with van der Waals surface area (Å²) in [7, 11) is 2.46. The fourth-order valence-corrected chi connectivity index (χ4v) is 3.21. The number of aromatic nitrogens is 5. The summed E-state index contributed by atoms with van der Waals surface area (Å²) in [5, 5.41) is 17.4. The zero-order valence-electron chi connectivity index (χ0n) is 18.2. The molecule has 10 heteroatoms. The Morgan fingerprint density at radius 2 is 1.59 bits per heavy atom. The first kappa shape index (κ1) is 22.8. The van der Waals surface area contributed by atoms with Crippen molar-refractivity contribution in [1.29, 1.82) is 0 Å². The van der Waals surface area contributed by atoms with Crippen molar-refractivity contribution in [2.24, 2.45) is 0 Å². The first-order chi connectivity index (χ1) is 16.5. The lowest BCUT2D eigenvalue weighted by Crippen LogP contribution is -2.13. The van der Waals surface area contributed by atoms with Crippen LogP contribution in [-0.4, -0.2) is 51.3 Å². The third-order valence-electron chi connectivity index (χ3n) is 4.76. The Kier molecular flexibility index (Phi) is 6.74. The van der Waals surface area contributed by atoms with Crippen molar-refractivity contribution in [1.82, 2.24) is 25.2 Å². The highest BCUT2D eigenvalue weighted by Crippen LogP contribution is 2.25. The third-order valence-corrected chi connectivity index (χ3v) is 5.01. The molecule has 0 radical (unpaired) electrons. The van der Waals surface area contributed by atoms with E-state index in [1.165, 1.54) is 25.1 Å². The summed E-state index contributed by atoms with van der Waals surface area (Å²) in [5.41, 5.74) is 2.85. The minimum absolute atomic E-state index is 0.0549. The summed E-state index contributed by atoms with van der Waals surface area (Å²) in [4.78, 5) is 25.6. The molecule has 0 unspecified atom stereocenters. The monoisotopic (exact) mass is 475 g/mol. The number of esters is 2. The van der Waals surface area contributed by atoms with Gasteiger partial charge in [-0.1, -0.05) is 48.0 Å². The summed E-state index contributed by atoms with van der Waals surface area (Å²) in [6.45, 7) is 0. The van der Waals surface area contributed by atoms with Gasteiger partial charge in [0.05, 0.1) is 19.9 Å². The van der Waals surface area contributed by atoms with Crippen LogP contribution in [0.1, 0.15) is 32.2 Å². The zero-order chi connectivity index (χ0) is 24.1. The van der Waals surface area contributed by atoms with Crippen LogP contribution >= 0.6 is 11.6 Å². The average Bonchev–Trinajstić information content (AvgIpc) is 3.31. The smallest absolute Gasteiger partial charge is 0.359 e. The number of rotatable bonds is 6. The second-order valence-corrected chi connectivity index (χ2v) is 7.35. The van der Waals surface area contributed by atoms with Crippen molar-refractivity contribution in [3.63, 3.8) is 0 Å². The van der Waals surface area contributed by atoms with E-state index in [2.05, 4.69) is 20.4 Å². The van der Waals surface area contributed by atoms with E-state index in [1.54, 1.807) is 24.3 Å². The van der Waals surface area contributed by atoms with Crippen LogP contribution in [0.15, 0.2) is 60.7 Å². The van der Waals surface area contributed by atoms with Crippen molar-refractivity contribution in [2.45, 2.75) is 0 Å². The van der Waals surface area contributed by atoms with E-state index in [9.17, 15) is 9.59 Å². The maximum absolute atomic E-state index is 12.2. The van der Waals surface area contributed by atoms with Crippen LogP contribution in [0.3, 0.4) is 0 Å². The minimum atomic E-state index is -0.700. The van der Waals surface area contributed by atoms with Gasteiger partial charge in [-0.05, 0) is 36.4 Å². The molecule has 2 aromatic heterocycles. The molecule has 2 heterocycles. The number of ether oxygens (including phenoxy) is 2. The van der Waals surface area contributed by atoms with Gasteiger partial charge in [-0.15, -0.1) is 20.4 Å². The predicted molar refractivity (Wildman–Crippen MR) is 125 cm³/mol. The molecule has 0 amide bonds. The molecule has 0 fully saturated rings. The lowest BCUT2D eigenvalue weighted by atomic mass is 10.1. The van der Waals surface area contributed by atoms with Crippen molar-refractivity contribution in [3.05, 3.63) is 88.3 Å². The average molecular weight is 476 g/mol. The van der Waals surface area contributed by atoms with Gasteiger partial charge < -0.3 is 9.47 Å². The van der Waals surface area contributed by atoms with Crippen LogP contribution in [0.5, 0.6) is 0 Å². The molecule has 0 spiro atoms. The molecular formula is C24H18ClN5O4. The standard InChI is InChI=1S/C24H18ClN5O4/c1-33-23(31)20-14-16(22(27-26-20)24(32)34-2)10-13-19-21(15-8-11-17(25)12-9-15)29-30(28-19)18-6-4-3-5-7-18/h3-14H,1-2H3/b13-10-. The topological polar surface area (TPSA) is 109 Å². The highest BCUT2D eigenvalue weighted by atomic mass is 35.5. The summed E-state index contributed by atoms with van der Waals surface area (Å²) >= 11 is 6.04. The van der Waals surface area contributed by atoms with E-state index in [1.807, 2.05) is 42.5 Å². The molecule has 0 aliphatic rings. The summed E-state index contributed by atoms with van der Waals surface area (Å²) in [6, 6.07) is 18.0. The van der Waals surface area contributed by atoms with Crippen LogP contribution in [0.25, 0.3) is 29.1 Å². The molecule has 0 N–H and O–H groups in total. The fourth-order valence-electron chi connectivity index (χ4n) is 3.08. The molecule has 4 rings (SSSR count). The molecule has 0 saturated carbocycles. The summed E-state index contributed by atoms with van der Waals surface area (Å²) < 4.78 is 9.49. The number of methoxy groups -OCH3 is 2. The van der Waals surface area contributed by atoms with Gasteiger partial charge in [0.1, 0.15) is 11.4 Å². The Bertz CT molecular complexity index is 1370. The van der Waals surface area contributed by atoms with Gasteiger partial charge in [0.15, 0.2) is 11.4 Å². The van der Waals surface area contributed by atoms with E-state index >= 15 is 0 Å². The minimum Gasteiger partial charge on any atom is -0.464 e. The van der Waals surface area contributed by atoms with Crippen molar-refractivity contribution in [2.75, 3.05) is 14.2 Å². The highest BCUT2D eigenvalue weighted by molar-refractivity contribution is 6.30. The van der Waals surface area contributed by atoms with Crippen LogP contribution in [0.2, 0.25) is 5.02 Å². The van der Waals surface area contributed by atoms with Gasteiger partial charge in [-0.25, -0.2) is 9.59 Å². The quantitative estimate of drug-likeness (QED) is 0.383. The van der Waals surface area contributed by atoms with Gasteiger partial charge in [-0.3, -0.25) is 0 Å². The van der Waals surface area contributed by atoms with Gasteiger partial charge in [-0.2, -0.15) is 4.80 Å². The Labute approximate surface area is 199 Å². The van der Waals surface area contributed by atoms with Crippen LogP contribution in [0.4, 0.5) is 0 Å². The van der Waals surface area contributed by atoms with E-state index in [0.717, 1.165) is 11.3 Å². The van der Waals surface area contributed by atoms with Crippen molar-refractivity contribution < 1.29 is 19.1 Å². The Balaban J connectivity index is 1.82. The lowest BCUT2D eigenvalue weighted by Gasteiger charge is -2.04. The summed E-state index contributed by atoms with van der Waals surface area (Å²) in [5.74, 6) is -1.38. The zero-order valence-corrected chi connectivity index (χ0v) is 18.9. The molecule has 0 aliphatic heterocycles. The van der Waals surface area contributed by atoms with Crippen LogP contribution in [0, 0.1) is 0 Å². The number of halogens is 1. The molecule has 0 bridgehead atoms. The van der Waals surface area contributed by atoms with E-state index in [4.69, 9.17) is 21.1 Å². The largest absolute Gasteiger partial charge is 0.464 e. The second-order valence-electron chi connectivity index (χ2n) is 6.92. The highest BCUT2D eigenvalue weighted by Gasteiger charge is 2.18. The number of nitrogens with zero attached hydrogens (tertiary/aromatic N) is 5. The predicted octanol–water partition coefficient (Wildman–Crippen LogP) is 4.12. The van der Waals surface area contributed by atoms with Crippen LogP contribution in [-0.2, 0) is 9.47 Å². The van der Waals surface area contributed by atoms with Gasteiger partial charge in [0.2, 0.25) is 0 Å². The number of carbonyl (C=O) groups excluding carboxylic acids is 2. The molecule has 9 nitrogen and oxygen atoms in total. The van der Waals surface area contributed by atoms with E-state index in [0.29, 0.717) is 22.0 Å². The van der Waals surface area contributed by atoms with Gasteiger partial charge in [0, 0.05) is 16.1 Å².